The first-order valence-corrected chi connectivity index (χ1v) is 5.03. The van der Waals surface area contributed by atoms with Gasteiger partial charge in [-0.1, -0.05) is 0 Å². The third-order valence-corrected chi connectivity index (χ3v) is 2.82. The van der Waals surface area contributed by atoms with E-state index in [-0.39, 0.29) is 11.9 Å². The predicted octanol–water partition coefficient (Wildman–Crippen LogP) is 0.221. The zero-order valence-electron chi connectivity index (χ0n) is 10.1. The number of hydrogen-bond acceptors (Lipinski definition) is 2. The van der Waals surface area contributed by atoms with E-state index in [0.717, 1.165) is 0 Å². The smallest absolute Gasteiger partial charge is 0.320 e. The van der Waals surface area contributed by atoms with Gasteiger partial charge in [-0.3, -0.25) is 4.79 Å². The fourth-order valence-corrected chi connectivity index (χ4v) is 1.79. The van der Waals surface area contributed by atoms with E-state index < -0.39 is 5.54 Å². The fourth-order valence-electron chi connectivity index (χ4n) is 1.79. The van der Waals surface area contributed by atoms with Gasteiger partial charge in [0, 0.05) is 34.2 Å². The Balaban J connectivity index is 2.92. The van der Waals surface area contributed by atoms with E-state index in [1.54, 1.807) is 44.8 Å². The van der Waals surface area contributed by atoms with Gasteiger partial charge in [-0.05, 0) is 13.8 Å². The van der Waals surface area contributed by atoms with Crippen LogP contribution in [0.2, 0.25) is 0 Å². The van der Waals surface area contributed by atoms with Crippen molar-refractivity contribution in [2.45, 2.75) is 19.4 Å². The summed E-state index contributed by atoms with van der Waals surface area (Å²) in [4.78, 5) is 28.5. The molecule has 0 spiro atoms. The van der Waals surface area contributed by atoms with Crippen molar-refractivity contribution in [3.8, 4) is 0 Å². The molecule has 1 rings (SSSR count). The number of amides is 3. The molecule has 5 nitrogen and oxygen atoms in total. The molecule has 0 aromatic carbocycles. The molecule has 0 atom stereocenters. The van der Waals surface area contributed by atoms with E-state index in [4.69, 9.17) is 0 Å². The van der Waals surface area contributed by atoms with E-state index in [9.17, 15) is 9.59 Å². The van der Waals surface area contributed by atoms with Crippen molar-refractivity contribution in [2.75, 3.05) is 34.2 Å². The molecule has 86 valence electrons. The Morgan fingerprint density at radius 3 is 2.33 bits per heavy atom. The Labute approximate surface area is 90.6 Å². The summed E-state index contributed by atoms with van der Waals surface area (Å²) >= 11 is 0. The second-order valence-corrected chi connectivity index (χ2v) is 4.61. The van der Waals surface area contributed by atoms with Gasteiger partial charge < -0.3 is 14.7 Å². The molecular weight excluding hydrogens is 194 g/mol. The summed E-state index contributed by atoms with van der Waals surface area (Å²) < 4.78 is 0. The summed E-state index contributed by atoms with van der Waals surface area (Å²) in [5.41, 5.74) is -0.742. The Morgan fingerprint density at radius 1 is 1.33 bits per heavy atom. The molecule has 0 radical (unpaired) electrons. The summed E-state index contributed by atoms with van der Waals surface area (Å²) in [6.45, 7) is 4.76. The molecule has 1 saturated heterocycles. The first kappa shape index (κ1) is 11.8. The Morgan fingerprint density at radius 2 is 1.87 bits per heavy atom. The minimum Gasteiger partial charge on any atom is -0.342 e. The van der Waals surface area contributed by atoms with Gasteiger partial charge in [0.1, 0.15) is 5.54 Å². The second kappa shape index (κ2) is 3.72. The van der Waals surface area contributed by atoms with Crippen LogP contribution < -0.4 is 0 Å². The number of rotatable bonds is 0. The standard InChI is InChI=1S/C10H19N3O2/c1-10(2)8(14)12(5)6-7-13(10)9(15)11(3)4/h6-7H2,1-5H3. The molecule has 1 aliphatic heterocycles. The largest absolute Gasteiger partial charge is 0.342 e. The molecule has 0 saturated carbocycles. The molecule has 0 unspecified atom stereocenters. The maximum absolute atomic E-state index is 11.9. The number of piperazine rings is 1. The molecule has 0 bridgehead atoms. The molecule has 0 aromatic rings. The zero-order valence-corrected chi connectivity index (χ0v) is 10.1. The normalized spacial score (nSPS) is 20.5. The fraction of sp³-hybridized carbons (Fsp3) is 0.800. The van der Waals surface area contributed by atoms with Crippen LogP contribution in [0.3, 0.4) is 0 Å². The topological polar surface area (TPSA) is 43.9 Å². The summed E-state index contributed by atoms with van der Waals surface area (Å²) in [5, 5.41) is 0. The van der Waals surface area contributed by atoms with Crippen molar-refractivity contribution in [2.24, 2.45) is 0 Å². The molecule has 0 N–H and O–H groups in total. The maximum atomic E-state index is 11.9. The van der Waals surface area contributed by atoms with Gasteiger partial charge in [-0.15, -0.1) is 0 Å². The van der Waals surface area contributed by atoms with E-state index in [1.165, 1.54) is 4.90 Å². The number of nitrogens with zero attached hydrogens (tertiary/aromatic N) is 3. The number of carbonyl (C=O) groups excluding carboxylic acids is 2. The summed E-state index contributed by atoms with van der Waals surface area (Å²) in [6, 6.07) is -0.110. The monoisotopic (exact) mass is 213 g/mol. The van der Waals surface area contributed by atoms with Crippen LogP contribution in [-0.2, 0) is 4.79 Å². The molecule has 15 heavy (non-hydrogen) atoms. The van der Waals surface area contributed by atoms with Crippen LogP contribution >= 0.6 is 0 Å². The number of hydrogen-bond donors (Lipinski definition) is 0. The highest BCUT2D eigenvalue weighted by molar-refractivity contribution is 5.91. The second-order valence-electron chi connectivity index (χ2n) is 4.61. The van der Waals surface area contributed by atoms with Crippen molar-refractivity contribution < 1.29 is 9.59 Å². The highest BCUT2D eigenvalue weighted by atomic mass is 16.2. The van der Waals surface area contributed by atoms with Crippen molar-refractivity contribution in [1.29, 1.82) is 0 Å². The molecular formula is C10H19N3O2. The first-order chi connectivity index (χ1) is 6.78. The van der Waals surface area contributed by atoms with Gasteiger partial charge in [0.15, 0.2) is 0 Å². The van der Waals surface area contributed by atoms with Crippen molar-refractivity contribution in [1.82, 2.24) is 14.7 Å². The lowest BCUT2D eigenvalue weighted by atomic mass is 9.98. The lowest BCUT2D eigenvalue weighted by molar-refractivity contribution is -0.144. The van der Waals surface area contributed by atoms with Gasteiger partial charge in [0.25, 0.3) is 0 Å². The van der Waals surface area contributed by atoms with Crippen LogP contribution in [0, 0.1) is 0 Å². The van der Waals surface area contributed by atoms with Gasteiger partial charge in [0.2, 0.25) is 5.91 Å². The first-order valence-electron chi connectivity index (χ1n) is 5.03. The van der Waals surface area contributed by atoms with Crippen molar-refractivity contribution in [3.05, 3.63) is 0 Å². The number of urea groups is 1. The number of likely N-dealkylation sites (N-methyl/N-ethyl adjacent to an activating group) is 1. The van der Waals surface area contributed by atoms with Gasteiger partial charge in [-0.25, -0.2) is 4.79 Å². The highest BCUT2D eigenvalue weighted by Crippen LogP contribution is 2.22. The third kappa shape index (κ3) is 1.91. The minimum absolute atomic E-state index is 0.0102. The molecule has 1 fully saturated rings. The zero-order chi connectivity index (χ0) is 11.8. The van der Waals surface area contributed by atoms with Gasteiger partial charge in [-0.2, -0.15) is 0 Å². The lowest BCUT2D eigenvalue weighted by Crippen LogP contribution is -2.65. The van der Waals surface area contributed by atoms with Crippen LogP contribution in [-0.4, -0.2) is 66.4 Å². The lowest BCUT2D eigenvalue weighted by Gasteiger charge is -2.45. The molecule has 1 heterocycles. The minimum atomic E-state index is -0.742. The SMILES string of the molecule is CN(C)C(=O)N1CCN(C)C(=O)C1(C)C. The van der Waals surface area contributed by atoms with Crippen LogP contribution in [0.15, 0.2) is 0 Å². The summed E-state index contributed by atoms with van der Waals surface area (Å²) in [7, 11) is 5.16. The van der Waals surface area contributed by atoms with E-state index >= 15 is 0 Å². The summed E-state index contributed by atoms with van der Waals surface area (Å²) in [5.74, 6) is -0.0102. The maximum Gasteiger partial charge on any atom is 0.320 e. The third-order valence-electron chi connectivity index (χ3n) is 2.82. The van der Waals surface area contributed by atoms with E-state index in [2.05, 4.69) is 0 Å². The average Bonchev–Trinajstić information content (AvgIpc) is 2.13. The van der Waals surface area contributed by atoms with Crippen molar-refractivity contribution >= 4 is 11.9 Å². The van der Waals surface area contributed by atoms with Gasteiger partial charge in [0.05, 0.1) is 0 Å². The molecule has 5 heteroatoms. The number of carbonyl (C=O) groups is 2. The highest BCUT2D eigenvalue weighted by Gasteiger charge is 2.43. The molecule has 1 aliphatic rings. The molecule has 3 amide bonds. The Hall–Kier alpha value is -1.26. The van der Waals surface area contributed by atoms with E-state index in [0.29, 0.717) is 13.1 Å². The van der Waals surface area contributed by atoms with Crippen LogP contribution in [0.25, 0.3) is 0 Å². The van der Waals surface area contributed by atoms with E-state index in [1.807, 2.05) is 0 Å². The Kier molecular flexibility index (Phi) is 2.93. The molecule has 0 aliphatic carbocycles. The average molecular weight is 213 g/mol. The summed E-state index contributed by atoms with van der Waals surface area (Å²) in [6.07, 6.45) is 0. The van der Waals surface area contributed by atoms with Crippen LogP contribution in [0.5, 0.6) is 0 Å². The van der Waals surface area contributed by atoms with Crippen LogP contribution in [0.1, 0.15) is 13.8 Å². The van der Waals surface area contributed by atoms with Crippen LogP contribution in [0.4, 0.5) is 4.79 Å². The van der Waals surface area contributed by atoms with Crippen molar-refractivity contribution in [3.63, 3.8) is 0 Å². The molecule has 0 aromatic heterocycles. The Bertz CT molecular complexity index is 286. The quantitative estimate of drug-likeness (QED) is 0.578. The predicted molar refractivity (Wildman–Crippen MR) is 57.5 cm³/mol. The van der Waals surface area contributed by atoms with Gasteiger partial charge >= 0.3 is 6.03 Å².